The van der Waals surface area contributed by atoms with E-state index in [0.717, 1.165) is 5.56 Å². The molecule has 0 aliphatic heterocycles. The van der Waals surface area contributed by atoms with Gasteiger partial charge in [0, 0.05) is 0 Å². The summed E-state index contributed by atoms with van der Waals surface area (Å²) in [6, 6.07) is 15.1. The summed E-state index contributed by atoms with van der Waals surface area (Å²) >= 11 is 0. The molecule has 0 fully saturated rings. The number of hydrogen-bond donors (Lipinski definition) is 1. The van der Waals surface area contributed by atoms with Crippen LogP contribution in [0, 0.1) is 0 Å². The molecule has 1 unspecified atom stereocenters. The van der Waals surface area contributed by atoms with Crippen molar-refractivity contribution >= 4 is 5.97 Å². The van der Waals surface area contributed by atoms with Gasteiger partial charge in [0.1, 0.15) is 0 Å². The zero-order valence-electron chi connectivity index (χ0n) is 13.0. The molecule has 1 N–H and O–H groups in total. The Balaban J connectivity index is 1.90. The normalized spacial score (nSPS) is 15.1. The SMILES string of the molecule is CC(CC(=O)O)c1cccc(-c2ccc3c(c2)CCCC3)c1. The average Bonchev–Trinajstić information content (AvgIpc) is 2.54. The summed E-state index contributed by atoms with van der Waals surface area (Å²) in [5.74, 6) is -0.707. The van der Waals surface area contributed by atoms with Crippen LogP contribution in [0.5, 0.6) is 0 Å². The van der Waals surface area contributed by atoms with E-state index in [-0.39, 0.29) is 12.3 Å². The van der Waals surface area contributed by atoms with Gasteiger partial charge in [0.05, 0.1) is 6.42 Å². The van der Waals surface area contributed by atoms with E-state index in [2.05, 4.69) is 30.3 Å². The molecular weight excluding hydrogens is 272 g/mol. The minimum Gasteiger partial charge on any atom is -0.481 e. The molecule has 3 rings (SSSR count). The molecule has 0 radical (unpaired) electrons. The van der Waals surface area contributed by atoms with Crippen LogP contribution in [0.1, 0.15) is 48.8 Å². The van der Waals surface area contributed by atoms with Gasteiger partial charge in [-0.1, -0.05) is 49.4 Å². The lowest BCUT2D eigenvalue weighted by Crippen LogP contribution is -2.03. The van der Waals surface area contributed by atoms with Crippen molar-refractivity contribution in [3.05, 3.63) is 59.2 Å². The summed E-state index contributed by atoms with van der Waals surface area (Å²) < 4.78 is 0. The maximum absolute atomic E-state index is 10.9. The number of hydrogen-bond acceptors (Lipinski definition) is 1. The van der Waals surface area contributed by atoms with E-state index < -0.39 is 5.97 Å². The van der Waals surface area contributed by atoms with E-state index in [9.17, 15) is 4.79 Å². The lowest BCUT2D eigenvalue weighted by atomic mass is 9.88. The van der Waals surface area contributed by atoms with Crippen molar-refractivity contribution in [3.63, 3.8) is 0 Å². The van der Waals surface area contributed by atoms with Crippen molar-refractivity contribution in [2.75, 3.05) is 0 Å². The van der Waals surface area contributed by atoms with Crippen LogP contribution in [0.25, 0.3) is 11.1 Å². The van der Waals surface area contributed by atoms with Crippen LogP contribution < -0.4 is 0 Å². The highest BCUT2D eigenvalue weighted by Gasteiger charge is 2.13. The molecule has 0 saturated carbocycles. The van der Waals surface area contributed by atoms with Crippen molar-refractivity contribution in [1.82, 2.24) is 0 Å². The fraction of sp³-hybridized carbons (Fsp3) is 0.350. The number of aliphatic carboxylic acids is 1. The van der Waals surface area contributed by atoms with E-state index in [4.69, 9.17) is 5.11 Å². The number of carbonyl (C=O) groups is 1. The quantitative estimate of drug-likeness (QED) is 0.878. The van der Waals surface area contributed by atoms with Gasteiger partial charge in [-0.3, -0.25) is 4.79 Å². The Labute approximate surface area is 131 Å². The van der Waals surface area contributed by atoms with Crippen molar-refractivity contribution < 1.29 is 9.90 Å². The van der Waals surface area contributed by atoms with E-state index in [1.165, 1.54) is 47.9 Å². The molecular formula is C20H22O2. The second-order valence-corrected chi connectivity index (χ2v) is 6.31. The fourth-order valence-corrected chi connectivity index (χ4v) is 3.32. The minimum absolute atomic E-state index is 0.0371. The zero-order chi connectivity index (χ0) is 15.5. The van der Waals surface area contributed by atoms with E-state index in [1.54, 1.807) is 0 Å². The third-order valence-electron chi connectivity index (χ3n) is 4.62. The maximum atomic E-state index is 10.9. The van der Waals surface area contributed by atoms with Gasteiger partial charge in [-0.15, -0.1) is 0 Å². The molecule has 0 aromatic heterocycles. The Morgan fingerprint density at radius 2 is 1.77 bits per heavy atom. The van der Waals surface area contributed by atoms with Crippen molar-refractivity contribution in [3.8, 4) is 11.1 Å². The van der Waals surface area contributed by atoms with Crippen LogP contribution in [0.4, 0.5) is 0 Å². The van der Waals surface area contributed by atoms with Gasteiger partial charge >= 0.3 is 5.97 Å². The Morgan fingerprint density at radius 1 is 1.05 bits per heavy atom. The van der Waals surface area contributed by atoms with Crippen LogP contribution in [-0.2, 0) is 17.6 Å². The Hall–Kier alpha value is -2.09. The van der Waals surface area contributed by atoms with E-state index >= 15 is 0 Å². The summed E-state index contributed by atoms with van der Waals surface area (Å²) in [6.45, 7) is 1.97. The molecule has 2 aromatic rings. The zero-order valence-corrected chi connectivity index (χ0v) is 13.0. The molecule has 0 amide bonds. The maximum Gasteiger partial charge on any atom is 0.303 e. The molecule has 1 aliphatic carbocycles. The van der Waals surface area contributed by atoms with E-state index in [0.29, 0.717) is 0 Å². The second kappa shape index (κ2) is 6.35. The highest BCUT2D eigenvalue weighted by molar-refractivity contribution is 5.69. The summed E-state index contributed by atoms with van der Waals surface area (Å²) in [6.07, 6.45) is 5.14. The third-order valence-corrected chi connectivity index (χ3v) is 4.62. The fourth-order valence-electron chi connectivity index (χ4n) is 3.32. The first kappa shape index (κ1) is 14.8. The summed E-state index contributed by atoms with van der Waals surface area (Å²) in [4.78, 5) is 10.9. The van der Waals surface area contributed by atoms with Gasteiger partial charge in [0.25, 0.3) is 0 Å². The van der Waals surface area contributed by atoms with Crippen LogP contribution >= 0.6 is 0 Å². The van der Waals surface area contributed by atoms with Crippen molar-refractivity contribution in [1.29, 1.82) is 0 Å². The predicted octanol–water partition coefficient (Wildman–Crippen LogP) is 4.81. The minimum atomic E-state index is -0.744. The van der Waals surface area contributed by atoms with Crippen LogP contribution in [0.15, 0.2) is 42.5 Å². The molecule has 2 nitrogen and oxygen atoms in total. The van der Waals surface area contributed by atoms with Crippen molar-refractivity contribution in [2.24, 2.45) is 0 Å². The Kier molecular flexibility index (Phi) is 4.28. The number of benzene rings is 2. The first-order valence-electron chi connectivity index (χ1n) is 8.07. The van der Waals surface area contributed by atoms with Gasteiger partial charge in [0.15, 0.2) is 0 Å². The number of carboxylic acid groups (broad SMARTS) is 1. The standard InChI is InChI=1S/C20H22O2/c1-14(11-20(21)22)16-7-4-8-18(12-16)19-10-9-15-5-2-3-6-17(15)13-19/h4,7-10,12-14H,2-3,5-6,11H2,1H3,(H,21,22). The average molecular weight is 294 g/mol. The molecule has 2 aromatic carbocycles. The molecule has 0 heterocycles. The summed E-state index contributed by atoms with van der Waals surface area (Å²) in [5.41, 5.74) is 6.49. The van der Waals surface area contributed by atoms with Gasteiger partial charge in [0.2, 0.25) is 0 Å². The number of rotatable bonds is 4. The summed E-state index contributed by atoms with van der Waals surface area (Å²) in [7, 11) is 0. The molecule has 22 heavy (non-hydrogen) atoms. The van der Waals surface area contributed by atoms with Gasteiger partial charge in [-0.2, -0.15) is 0 Å². The van der Waals surface area contributed by atoms with E-state index in [1.807, 2.05) is 19.1 Å². The molecule has 0 spiro atoms. The molecule has 1 aliphatic rings. The van der Waals surface area contributed by atoms with Crippen molar-refractivity contribution in [2.45, 2.75) is 44.9 Å². The van der Waals surface area contributed by atoms with Gasteiger partial charge < -0.3 is 5.11 Å². The van der Waals surface area contributed by atoms with Crippen LogP contribution in [0.3, 0.4) is 0 Å². The van der Waals surface area contributed by atoms with Gasteiger partial charge in [-0.05, 0) is 59.4 Å². The number of fused-ring (bicyclic) bond motifs is 1. The molecule has 2 heteroatoms. The Bertz CT molecular complexity index is 688. The largest absolute Gasteiger partial charge is 0.481 e. The first-order valence-corrected chi connectivity index (χ1v) is 8.07. The Morgan fingerprint density at radius 3 is 2.55 bits per heavy atom. The lowest BCUT2D eigenvalue weighted by Gasteiger charge is -2.17. The summed E-state index contributed by atoms with van der Waals surface area (Å²) in [5, 5.41) is 8.96. The smallest absolute Gasteiger partial charge is 0.303 e. The first-order chi connectivity index (χ1) is 10.6. The molecule has 0 saturated heterocycles. The third kappa shape index (κ3) is 3.22. The number of carboxylic acids is 1. The second-order valence-electron chi connectivity index (χ2n) is 6.31. The predicted molar refractivity (Wildman–Crippen MR) is 89.2 cm³/mol. The van der Waals surface area contributed by atoms with Gasteiger partial charge in [-0.25, -0.2) is 0 Å². The topological polar surface area (TPSA) is 37.3 Å². The molecule has 114 valence electrons. The number of aryl methyl sites for hydroxylation is 2. The van der Waals surface area contributed by atoms with Crippen LogP contribution in [0.2, 0.25) is 0 Å². The highest BCUT2D eigenvalue weighted by atomic mass is 16.4. The van der Waals surface area contributed by atoms with Crippen LogP contribution in [-0.4, -0.2) is 11.1 Å². The molecule has 0 bridgehead atoms. The molecule has 1 atom stereocenters. The lowest BCUT2D eigenvalue weighted by molar-refractivity contribution is -0.137. The monoisotopic (exact) mass is 294 g/mol. The highest BCUT2D eigenvalue weighted by Crippen LogP contribution is 2.29.